The summed E-state index contributed by atoms with van der Waals surface area (Å²) >= 11 is 0. The minimum absolute atomic E-state index is 0.0203. The van der Waals surface area contributed by atoms with Crippen molar-refractivity contribution in [2.45, 2.75) is 97.3 Å². The Kier molecular flexibility index (Phi) is 6.56. The lowest BCUT2D eigenvalue weighted by atomic mass is 9.33. The van der Waals surface area contributed by atoms with E-state index in [0.717, 1.165) is 17.9 Å². The molecule has 0 spiro atoms. The van der Waals surface area contributed by atoms with E-state index in [4.69, 9.17) is 4.74 Å². The molecule has 5 aromatic carbocycles. The van der Waals surface area contributed by atoms with Crippen molar-refractivity contribution in [1.29, 1.82) is 0 Å². The Morgan fingerprint density at radius 2 is 1.21 bits per heavy atom. The highest BCUT2D eigenvalue weighted by molar-refractivity contribution is 6.99. The lowest BCUT2D eigenvalue weighted by Gasteiger charge is -2.41. The zero-order valence-corrected chi connectivity index (χ0v) is 30.4. The standard InChI is InChI=1S/C45H48BNO/c1-42(2,3)30-16-19-32(20-17-30)47-37-21-18-31(43(4,5)6)24-35(37)46-36-25-33-34(45(9,10)27-44(33,7)8)26-39(36)48-40-23-29(22-38(47)41(40)46)28-14-12-11-13-15-28/h11-26H,27H2,1-10H3. The van der Waals surface area contributed by atoms with E-state index in [1.54, 1.807) is 0 Å². The molecule has 0 radical (unpaired) electrons. The Bertz CT molecular complexity index is 2090. The van der Waals surface area contributed by atoms with E-state index in [1.165, 1.54) is 66.8 Å². The molecular weight excluding hydrogens is 581 g/mol. The SMILES string of the molecule is CC(C)(C)c1ccc(N2c3ccc(C(C)(C)C)cc3B3c4cc5c(cc4Oc4cc(-c6ccccc6)cc2c43)C(C)(C)CC5(C)C)cc1. The lowest BCUT2D eigenvalue weighted by molar-refractivity contribution is 0.402. The van der Waals surface area contributed by atoms with E-state index >= 15 is 0 Å². The van der Waals surface area contributed by atoms with Crippen LogP contribution >= 0.6 is 0 Å². The van der Waals surface area contributed by atoms with Gasteiger partial charge in [-0.15, -0.1) is 0 Å². The molecule has 1 aliphatic carbocycles. The zero-order chi connectivity index (χ0) is 34.0. The van der Waals surface area contributed by atoms with E-state index in [0.29, 0.717) is 0 Å². The van der Waals surface area contributed by atoms with Crippen LogP contribution in [-0.2, 0) is 21.7 Å². The van der Waals surface area contributed by atoms with Crippen LogP contribution in [0.1, 0.15) is 97.9 Å². The molecule has 2 nitrogen and oxygen atoms in total. The van der Waals surface area contributed by atoms with Gasteiger partial charge in [0.15, 0.2) is 0 Å². The summed E-state index contributed by atoms with van der Waals surface area (Å²) in [5.74, 6) is 1.96. The van der Waals surface area contributed by atoms with Gasteiger partial charge in [0, 0.05) is 17.1 Å². The Morgan fingerprint density at radius 3 is 1.85 bits per heavy atom. The summed E-state index contributed by atoms with van der Waals surface area (Å²) in [6, 6.07) is 36.8. The number of fused-ring (bicyclic) bond motifs is 5. The fourth-order valence-corrected chi connectivity index (χ4v) is 8.87. The topological polar surface area (TPSA) is 12.5 Å². The number of nitrogens with zero attached hydrogens (tertiary/aromatic N) is 1. The second-order valence-electron chi connectivity index (χ2n) is 17.8. The van der Waals surface area contributed by atoms with E-state index in [2.05, 4.69) is 171 Å². The van der Waals surface area contributed by atoms with Gasteiger partial charge in [0.25, 0.3) is 6.71 Å². The van der Waals surface area contributed by atoms with Crippen molar-refractivity contribution in [2.75, 3.05) is 4.90 Å². The molecule has 0 N–H and O–H groups in total. The van der Waals surface area contributed by atoms with Crippen molar-refractivity contribution in [3.05, 3.63) is 119 Å². The van der Waals surface area contributed by atoms with Crippen molar-refractivity contribution >= 4 is 40.2 Å². The van der Waals surface area contributed by atoms with Crippen LogP contribution in [0, 0.1) is 0 Å². The lowest BCUT2D eigenvalue weighted by Crippen LogP contribution is -2.60. The molecular formula is C45H48BNO. The summed E-state index contributed by atoms with van der Waals surface area (Å²) in [7, 11) is 0. The van der Waals surface area contributed by atoms with Gasteiger partial charge in [-0.05, 0) is 114 Å². The second-order valence-corrected chi connectivity index (χ2v) is 17.8. The number of hydrogen-bond acceptors (Lipinski definition) is 2. The Morgan fingerprint density at radius 1 is 0.583 bits per heavy atom. The Labute approximate surface area is 288 Å². The molecule has 8 rings (SSSR count). The highest BCUT2D eigenvalue weighted by Gasteiger charge is 2.47. The van der Waals surface area contributed by atoms with Crippen LogP contribution < -0.4 is 26.0 Å². The van der Waals surface area contributed by atoms with Crippen LogP contribution in [-0.4, -0.2) is 6.71 Å². The van der Waals surface area contributed by atoms with Crippen LogP contribution in [0.15, 0.2) is 97.1 Å². The number of ether oxygens (including phenoxy) is 1. The largest absolute Gasteiger partial charge is 0.458 e. The fourth-order valence-electron chi connectivity index (χ4n) is 8.87. The summed E-state index contributed by atoms with van der Waals surface area (Å²) in [4.78, 5) is 2.49. The van der Waals surface area contributed by atoms with Crippen LogP contribution in [0.25, 0.3) is 11.1 Å². The van der Waals surface area contributed by atoms with Gasteiger partial charge < -0.3 is 9.64 Å². The normalized spacial score (nSPS) is 16.9. The number of hydrogen-bond donors (Lipinski definition) is 0. The molecule has 0 amide bonds. The summed E-state index contributed by atoms with van der Waals surface area (Å²) in [5, 5.41) is 0. The van der Waals surface area contributed by atoms with Crippen molar-refractivity contribution in [2.24, 2.45) is 0 Å². The van der Waals surface area contributed by atoms with Gasteiger partial charge in [-0.3, -0.25) is 0 Å². The van der Waals surface area contributed by atoms with Crippen molar-refractivity contribution in [3.63, 3.8) is 0 Å². The van der Waals surface area contributed by atoms with Gasteiger partial charge in [0.1, 0.15) is 11.5 Å². The predicted molar refractivity (Wildman–Crippen MR) is 206 cm³/mol. The van der Waals surface area contributed by atoms with Crippen LogP contribution in [0.2, 0.25) is 0 Å². The summed E-state index contributed by atoms with van der Waals surface area (Å²) < 4.78 is 7.11. The Balaban J connectivity index is 1.44. The molecule has 0 fully saturated rings. The highest BCUT2D eigenvalue weighted by atomic mass is 16.5. The monoisotopic (exact) mass is 629 g/mol. The third-order valence-electron chi connectivity index (χ3n) is 11.2. The van der Waals surface area contributed by atoms with Gasteiger partial charge in [-0.2, -0.15) is 0 Å². The minimum Gasteiger partial charge on any atom is -0.458 e. The van der Waals surface area contributed by atoms with Crippen molar-refractivity contribution < 1.29 is 4.74 Å². The molecule has 0 unspecified atom stereocenters. The molecule has 0 saturated carbocycles. The van der Waals surface area contributed by atoms with Gasteiger partial charge >= 0.3 is 0 Å². The van der Waals surface area contributed by atoms with Gasteiger partial charge in [-0.1, -0.05) is 130 Å². The quantitative estimate of drug-likeness (QED) is 0.177. The number of rotatable bonds is 2. The Hall–Kier alpha value is -4.24. The molecule has 3 heteroatoms. The summed E-state index contributed by atoms with van der Waals surface area (Å²) in [6.07, 6.45) is 1.13. The highest BCUT2D eigenvalue weighted by Crippen LogP contribution is 2.51. The maximum Gasteiger partial charge on any atom is 0.256 e. The van der Waals surface area contributed by atoms with E-state index in [9.17, 15) is 0 Å². The van der Waals surface area contributed by atoms with Crippen molar-refractivity contribution in [3.8, 4) is 22.6 Å². The molecule has 48 heavy (non-hydrogen) atoms. The first-order valence-corrected chi connectivity index (χ1v) is 17.7. The molecule has 2 heterocycles. The number of benzene rings is 5. The first-order valence-electron chi connectivity index (χ1n) is 17.7. The molecule has 2 aliphatic heterocycles. The third kappa shape index (κ3) is 4.76. The number of anilines is 3. The van der Waals surface area contributed by atoms with Crippen LogP contribution in [0.3, 0.4) is 0 Å². The molecule has 0 atom stereocenters. The molecule has 242 valence electrons. The zero-order valence-electron chi connectivity index (χ0n) is 30.4. The van der Waals surface area contributed by atoms with Gasteiger partial charge in [0.05, 0.1) is 0 Å². The fraction of sp³-hybridized carbons (Fsp3) is 0.333. The van der Waals surface area contributed by atoms with E-state index in [1.807, 2.05) is 0 Å². The smallest absolute Gasteiger partial charge is 0.256 e. The molecule has 3 aliphatic rings. The predicted octanol–water partition coefficient (Wildman–Crippen LogP) is 10.3. The van der Waals surface area contributed by atoms with Crippen LogP contribution in [0.4, 0.5) is 17.1 Å². The molecule has 0 bridgehead atoms. The van der Waals surface area contributed by atoms with E-state index in [-0.39, 0.29) is 28.4 Å². The second kappa shape index (κ2) is 10.1. The van der Waals surface area contributed by atoms with Gasteiger partial charge in [-0.25, -0.2) is 0 Å². The first kappa shape index (κ1) is 31.1. The summed E-state index contributed by atoms with van der Waals surface area (Å²) in [5.41, 5.74) is 15.7. The molecule has 0 aromatic heterocycles. The summed E-state index contributed by atoms with van der Waals surface area (Å²) in [6.45, 7) is 23.5. The first-order chi connectivity index (χ1) is 22.5. The van der Waals surface area contributed by atoms with E-state index < -0.39 is 0 Å². The molecule has 5 aromatic rings. The van der Waals surface area contributed by atoms with Crippen molar-refractivity contribution in [1.82, 2.24) is 0 Å². The average molecular weight is 630 g/mol. The maximum absolute atomic E-state index is 7.11. The maximum atomic E-state index is 7.11. The minimum atomic E-state index is 0.0203. The third-order valence-corrected chi connectivity index (χ3v) is 11.2. The molecule has 0 saturated heterocycles. The average Bonchev–Trinajstić information content (AvgIpc) is 3.21. The van der Waals surface area contributed by atoms with Crippen LogP contribution in [0.5, 0.6) is 11.5 Å². The van der Waals surface area contributed by atoms with Gasteiger partial charge in [0.2, 0.25) is 0 Å².